The molecule has 4 N–H and O–H groups in total. The molecule has 0 unspecified atom stereocenters. The van der Waals surface area contributed by atoms with Crippen LogP contribution in [0, 0.1) is 23.7 Å². The van der Waals surface area contributed by atoms with Crippen LogP contribution < -0.4 is 10.6 Å². The van der Waals surface area contributed by atoms with E-state index in [0.29, 0.717) is 13.0 Å². The third-order valence-corrected chi connectivity index (χ3v) is 5.36. The van der Waals surface area contributed by atoms with Gasteiger partial charge >= 0.3 is 13.1 Å². The van der Waals surface area contributed by atoms with Crippen molar-refractivity contribution in [3.8, 4) is 6.07 Å². The first-order valence-electron chi connectivity index (χ1n) is 11.1. The summed E-state index contributed by atoms with van der Waals surface area (Å²) in [5.74, 6) is -1.28. The Kier molecular flexibility index (Phi) is 9.30. The van der Waals surface area contributed by atoms with Crippen LogP contribution in [0.4, 0.5) is 4.79 Å². The normalized spacial score (nSPS) is 16.3. The lowest BCUT2D eigenvalue weighted by Gasteiger charge is -2.25. The highest BCUT2D eigenvalue weighted by Crippen LogP contribution is 2.20. The lowest BCUT2D eigenvalue weighted by atomic mass is 9.76. The van der Waals surface area contributed by atoms with Crippen molar-refractivity contribution in [2.45, 2.75) is 58.9 Å². The summed E-state index contributed by atoms with van der Waals surface area (Å²) in [7, 11) is -1.72. The number of nitrogens with one attached hydrogen (secondary N) is 2. The highest BCUT2D eigenvalue weighted by molar-refractivity contribution is 6.43. The van der Waals surface area contributed by atoms with Crippen LogP contribution in [-0.2, 0) is 11.2 Å². The van der Waals surface area contributed by atoms with Crippen molar-refractivity contribution in [1.29, 1.82) is 5.26 Å². The van der Waals surface area contributed by atoms with Gasteiger partial charge in [0.2, 0.25) is 0 Å². The van der Waals surface area contributed by atoms with Crippen LogP contribution >= 0.6 is 0 Å². The van der Waals surface area contributed by atoms with Gasteiger partial charge in [-0.25, -0.2) is 4.79 Å². The van der Waals surface area contributed by atoms with Gasteiger partial charge in [0.1, 0.15) is 6.07 Å². The van der Waals surface area contributed by atoms with Gasteiger partial charge in [0.15, 0.2) is 5.57 Å². The van der Waals surface area contributed by atoms with Gasteiger partial charge < -0.3 is 25.6 Å². The minimum Gasteiger partial charge on any atom is -0.426 e. The quantitative estimate of drug-likeness (QED) is 0.218. The number of likely N-dealkylation sites (tertiary alicyclic amines) is 1. The molecular weight excluding hydrogens is 419 g/mol. The number of nitrogens with zero attached hydrogens (tertiary/aromatic N) is 2. The summed E-state index contributed by atoms with van der Waals surface area (Å²) in [6, 6.07) is 8.71. The second-order valence-corrected chi connectivity index (χ2v) is 9.50. The fraction of sp³-hybridized carbons (Fsp3) is 0.500. The minimum absolute atomic E-state index is 0.0529. The second-order valence-electron chi connectivity index (χ2n) is 9.50. The summed E-state index contributed by atoms with van der Waals surface area (Å²) in [4.78, 5) is 26.8. The van der Waals surface area contributed by atoms with E-state index in [4.69, 9.17) is 0 Å². The van der Waals surface area contributed by atoms with Crippen molar-refractivity contribution < 1.29 is 19.6 Å². The lowest BCUT2D eigenvalue weighted by molar-refractivity contribution is -0.127. The number of carbonyl (C=O) groups is 2. The van der Waals surface area contributed by atoms with Crippen molar-refractivity contribution in [1.82, 2.24) is 15.5 Å². The summed E-state index contributed by atoms with van der Waals surface area (Å²) in [5.41, 5.74) is 4.51. The number of nitriles is 1. The summed E-state index contributed by atoms with van der Waals surface area (Å²) in [5, 5.41) is 34.1. The first kappa shape index (κ1) is 26.2. The molecule has 33 heavy (non-hydrogen) atoms. The first-order valence-corrected chi connectivity index (χ1v) is 11.1. The molecule has 1 aliphatic heterocycles. The van der Waals surface area contributed by atoms with E-state index in [1.165, 1.54) is 0 Å². The zero-order valence-corrected chi connectivity index (χ0v) is 19.8. The Morgan fingerprint density at radius 3 is 2.55 bits per heavy atom. The third kappa shape index (κ3) is 8.43. The van der Waals surface area contributed by atoms with Gasteiger partial charge in [-0.2, -0.15) is 5.26 Å². The van der Waals surface area contributed by atoms with E-state index >= 15 is 0 Å². The fourth-order valence-electron chi connectivity index (χ4n) is 3.53. The molecule has 1 aromatic carbocycles. The van der Waals surface area contributed by atoms with Crippen LogP contribution in [-0.4, -0.2) is 59.1 Å². The molecular formula is C24H33BN4O4. The summed E-state index contributed by atoms with van der Waals surface area (Å²) in [6.45, 7) is 8.52. The Hall–Kier alpha value is -3.05. The van der Waals surface area contributed by atoms with E-state index in [0.717, 1.165) is 17.5 Å². The van der Waals surface area contributed by atoms with Gasteiger partial charge in [0.25, 0.3) is 5.91 Å². The second kappa shape index (κ2) is 11.7. The van der Waals surface area contributed by atoms with Gasteiger partial charge in [0, 0.05) is 19.1 Å². The zero-order chi connectivity index (χ0) is 24.6. The average molecular weight is 452 g/mol. The summed E-state index contributed by atoms with van der Waals surface area (Å²) < 4.78 is 0. The molecule has 1 fully saturated rings. The predicted octanol–water partition coefficient (Wildman–Crippen LogP) is 1.86. The number of urea groups is 1. The van der Waals surface area contributed by atoms with Gasteiger partial charge in [-0.1, -0.05) is 56.3 Å². The molecule has 3 amide bonds. The maximum Gasteiger partial charge on any atom is 0.475 e. The van der Waals surface area contributed by atoms with Gasteiger partial charge in [-0.15, -0.1) is 0 Å². The van der Waals surface area contributed by atoms with E-state index in [2.05, 4.69) is 16.4 Å². The number of amides is 3. The molecule has 0 saturated carbocycles. The number of aryl methyl sites for hydroxylation is 1. The molecule has 0 aromatic heterocycles. The van der Waals surface area contributed by atoms with E-state index in [9.17, 15) is 24.9 Å². The summed E-state index contributed by atoms with van der Waals surface area (Å²) >= 11 is 0. The maximum absolute atomic E-state index is 12.8. The Labute approximate surface area is 196 Å². The molecule has 0 bridgehead atoms. The van der Waals surface area contributed by atoms with Crippen molar-refractivity contribution in [3.05, 3.63) is 52.8 Å². The average Bonchev–Trinajstić information content (AvgIpc) is 3.21. The molecule has 1 aliphatic rings. The van der Waals surface area contributed by atoms with Crippen molar-refractivity contribution in [3.63, 3.8) is 0 Å². The third-order valence-electron chi connectivity index (χ3n) is 5.36. The van der Waals surface area contributed by atoms with Crippen LogP contribution in [0.5, 0.6) is 0 Å². The highest BCUT2D eigenvalue weighted by atomic mass is 16.4. The van der Waals surface area contributed by atoms with Crippen LogP contribution in [0.3, 0.4) is 0 Å². The van der Waals surface area contributed by atoms with Gasteiger partial charge in [0.05, 0.1) is 5.94 Å². The largest absolute Gasteiger partial charge is 0.475 e. The number of rotatable bonds is 7. The molecule has 2 rings (SSSR count). The molecule has 8 nitrogen and oxygen atoms in total. The molecule has 176 valence electrons. The smallest absolute Gasteiger partial charge is 0.426 e. The van der Waals surface area contributed by atoms with E-state index in [1.807, 2.05) is 58.0 Å². The van der Waals surface area contributed by atoms with Crippen molar-refractivity contribution in [2.75, 3.05) is 13.1 Å². The molecule has 1 aromatic rings. The standard InChI is InChI=1S/C24H33BN4O4/c1-17-7-9-18(10-8-17)14-21(25(32)33)28-23(31)27-16-20-6-5-13-29(20)22(30)19(15-26)11-12-24(2,3)4/h7-10,12,20-21,32-33H,5-6,13-14,16H2,1-4H3,(H2,27,28,31)/t11?,20-,21+/m1/s1. The van der Waals surface area contributed by atoms with Crippen LogP contribution in [0.2, 0.25) is 0 Å². The predicted molar refractivity (Wildman–Crippen MR) is 127 cm³/mol. The number of carbonyl (C=O) groups excluding carboxylic acids is 2. The molecule has 0 radical (unpaired) electrons. The zero-order valence-electron chi connectivity index (χ0n) is 19.8. The van der Waals surface area contributed by atoms with Crippen LogP contribution in [0.15, 0.2) is 41.6 Å². The monoisotopic (exact) mass is 452 g/mol. The molecule has 1 saturated heterocycles. The van der Waals surface area contributed by atoms with Crippen LogP contribution in [0.25, 0.3) is 0 Å². The number of benzene rings is 1. The number of hydrogen-bond donors (Lipinski definition) is 4. The van der Waals surface area contributed by atoms with Gasteiger partial charge in [-0.3, -0.25) is 4.79 Å². The van der Waals surface area contributed by atoms with Crippen molar-refractivity contribution >= 4 is 19.1 Å². The summed E-state index contributed by atoms with van der Waals surface area (Å²) in [6.07, 6.45) is 3.43. The van der Waals surface area contributed by atoms with E-state index < -0.39 is 25.0 Å². The Morgan fingerprint density at radius 1 is 1.30 bits per heavy atom. The fourth-order valence-corrected chi connectivity index (χ4v) is 3.53. The van der Waals surface area contributed by atoms with E-state index in [1.54, 1.807) is 11.0 Å². The lowest BCUT2D eigenvalue weighted by Crippen LogP contribution is -2.53. The first-order chi connectivity index (χ1) is 15.5. The minimum atomic E-state index is -1.72. The van der Waals surface area contributed by atoms with Crippen LogP contribution in [0.1, 0.15) is 44.7 Å². The molecule has 9 heteroatoms. The molecule has 2 atom stereocenters. The number of hydrogen-bond acceptors (Lipinski definition) is 5. The Balaban J connectivity index is 1.97. The van der Waals surface area contributed by atoms with Crippen molar-refractivity contribution in [2.24, 2.45) is 5.41 Å². The Morgan fingerprint density at radius 2 is 1.97 bits per heavy atom. The molecule has 0 aliphatic carbocycles. The SMILES string of the molecule is Cc1ccc(C[C@H](NC(=O)NC[C@H]2CCCN2C(=O)C(=C=CC(C)(C)C)C#N)B(O)O)cc1. The highest BCUT2D eigenvalue weighted by Gasteiger charge is 2.31. The molecule has 1 heterocycles. The van der Waals surface area contributed by atoms with Gasteiger partial charge in [-0.05, 0) is 43.2 Å². The maximum atomic E-state index is 12.8. The topological polar surface area (TPSA) is 126 Å². The Bertz CT molecular complexity index is 941. The van der Waals surface area contributed by atoms with E-state index in [-0.39, 0.29) is 30.0 Å². The molecule has 0 spiro atoms.